The second-order valence-electron chi connectivity index (χ2n) is 14.7. The minimum absolute atomic E-state index is 0.890. The van der Waals surface area contributed by atoms with E-state index in [1.54, 1.807) is 0 Å². The van der Waals surface area contributed by atoms with Gasteiger partial charge in [-0.1, -0.05) is 121 Å². The van der Waals surface area contributed by atoms with E-state index in [1.165, 1.54) is 0 Å². The van der Waals surface area contributed by atoms with Gasteiger partial charge in [0, 0.05) is 67.0 Å². The molecule has 268 valence electrons. The molecule has 0 aliphatic carbocycles. The van der Waals surface area contributed by atoms with Gasteiger partial charge in [0.1, 0.15) is 0 Å². The summed E-state index contributed by atoms with van der Waals surface area (Å²) in [4.78, 5) is 30.0. The van der Waals surface area contributed by atoms with Gasteiger partial charge in [0.05, 0.1) is 55.9 Å². The smallest absolute Gasteiger partial charge is 0.0972 e. The molecule has 58 heavy (non-hydrogen) atoms. The lowest BCUT2D eigenvalue weighted by Gasteiger charge is -2.13. The predicted octanol–water partition coefficient (Wildman–Crippen LogP) is 12.8. The average molecular weight is 739 g/mol. The molecule has 6 aromatic carbocycles. The summed E-state index contributed by atoms with van der Waals surface area (Å²) in [5, 5.41) is 8.69. The van der Waals surface area contributed by atoms with Gasteiger partial charge in [-0.3, -0.25) is 9.97 Å². The molecule has 0 fully saturated rings. The maximum atomic E-state index is 5.26. The molecule has 6 aromatic heterocycles. The monoisotopic (exact) mass is 738 g/mol. The van der Waals surface area contributed by atoms with E-state index in [0.29, 0.717) is 0 Å². The van der Waals surface area contributed by atoms with Crippen LogP contribution in [0.1, 0.15) is 0 Å². The zero-order valence-electron chi connectivity index (χ0n) is 31.0. The van der Waals surface area contributed by atoms with E-state index in [4.69, 9.17) is 19.9 Å². The van der Waals surface area contributed by atoms with Crippen LogP contribution in [0.25, 0.3) is 121 Å². The summed E-state index contributed by atoms with van der Waals surface area (Å²) in [5.41, 5.74) is 13.2. The number of benzene rings is 6. The van der Waals surface area contributed by atoms with Gasteiger partial charge in [-0.25, -0.2) is 19.9 Å². The molecule has 0 aliphatic rings. The molecule has 12 aromatic rings. The standard InChI is InChI=1S/C52H30N6/c1-2-8-40-39(7-1)41(21-22-42(40)46-26-20-36-14-12-34-6-4-28-54-50(34)52(36)58-46)45-25-18-32-9-15-37(29-48(32)56-45)43-23-17-31-10-16-38(30-47(31)55-43)44-24-19-35-13-11-33-5-3-27-53-49(33)51(35)57-44/h1-30H. The molecule has 6 nitrogen and oxygen atoms in total. The first-order valence-electron chi connectivity index (χ1n) is 19.3. The molecular formula is C52H30N6. The first-order chi connectivity index (χ1) is 28.7. The maximum absolute atomic E-state index is 5.26. The highest BCUT2D eigenvalue weighted by atomic mass is 14.8. The van der Waals surface area contributed by atoms with Gasteiger partial charge in [-0.2, -0.15) is 0 Å². The van der Waals surface area contributed by atoms with Gasteiger partial charge in [0.15, 0.2) is 0 Å². The lowest BCUT2D eigenvalue weighted by molar-refractivity contribution is 1.36. The Morgan fingerprint density at radius 2 is 0.672 bits per heavy atom. The molecule has 0 bridgehead atoms. The molecule has 0 amide bonds. The van der Waals surface area contributed by atoms with Gasteiger partial charge in [0.25, 0.3) is 0 Å². The lowest BCUT2D eigenvalue weighted by atomic mass is 9.95. The van der Waals surface area contributed by atoms with Crippen LogP contribution >= 0.6 is 0 Å². The van der Waals surface area contributed by atoms with Crippen molar-refractivity contribution in [1.29, 1.82) is 0 Å². The first-order valence-corrected chi connectivity index (χ1v) is 19.3. The Labute approximate surface area is 332 Å². The van der Waals surface area contributed by atoms with E-state index in [9.17, 15) is 0 Å². The maximum Gasteiger partial charge on any atom is 0.0972 e. The third-order valence-corrected chi connectivity index (χ3v) is 11.3. The highest BCUT2D eigenvalue weighted by molar-refractivity contribution is 6.07. The van der Waals surface area contributed by atoms with E-state index in [2.05, 4.69) is 168 Å². The molecule has 0 unspecified atom stereocenters. The number of rotatable bonds is 4. The molecule has 0 saturated carbocycles. The number of fused-ring (bicyclic) bond motifs is 9. The van der Waals surface area contributed by atoms with Crippen molar-refractivity contribution in [3.63, 3.8) is 0 Å². The average Bonchev–Trinajstić information content (AvgIpc) is 3.30. The number of aromatic nitrogens is 6. The van der Waals surface area contributed by atoms with E-state index < -0.39 is 0 Å². The predicted molar refractivity (Wildman–Crippen MR) is 237 cm³/mol. The summed E-state index contributed by atoms with van der Waals surface area (Å²) < 4.78 is 0. The zero-order chi connectivity index (χ0) is 38.2. The van der Waals surface area contributed by atoms with Crippen molar-refractivity contribution >= 4 is 76.2 Å². The van der Waals surface area contributed by atoms with Crippen molar-refractivity contribution < 1.29 is 0 Å². The van der Waals surface area contributed by atoms with E-state index in [-0.39, 0.29) is 0 Å². The molecule has 6 heteroatoms. The number of nitrogens with zero attached hydrogens (tertiary/aromatic N) is 6. The van der Waals surface area contributed by atoms with Gasteiger partial charge < -0.3 is 0 Å². The molecular weight excluding hydrogens is 709 g/mol. The normalized spacial score (nSPS) is 11.8. The number of hydrogen-bond donors (Lipinski definition) is 0. The Balaban J connectivity index is 0.916. The van der Waals surface area contributed by atoms with Gasteiger partial charge in [-0.15, -0.1) is 0 Å². The Kier molecular flexibility index (Phi) is 7.13. The molecule has 12 rings (SSSR count). The van der Waals surface area contributed by atoms with E-state index in [0.717, 1.165) is 121 Å². The molecule has 0 saturated heterocycles. The van der Waals surface area contributed by atoms with Crippen molar-refractivity contribution in [3.8, 4) is 45.0 Å². The molecule has 6 heterocycles. The largest absolute Gasteiger partial charge is 0.254 e. The van der Waals surface area contributed by atoms with Crippen LogP contribution < -0.4 is 0 Å². The third kappa shape index (κ3) is 5.27. The SMILES string of the molecule is c1cnc2c(c1)ccc1ccc(-c3ccc4ccc(-c5ccc6ccc(-c7ccc(-c8ccc9ccc%10cccnc%10c9n8)c8ccccc78)nc6c5)nc4c3)nc12. The molecule has 0 spiro atoms. The van der Waals surface area contributed by atoms with Crippen LogP contribution in [0.15, 0.2) is 182 Å². The van der Waals surface area contributed by atoms with Crippen molar-refractivity contribution in [2.45, 2.75) is 0 Å². The molecule has 0 aliphatic heterocycles. The lowest BCUT2D eigenvalue weighted by Crippen LogP contribution is -1.92. The van der Waals surface area contributed by atoms with Crippen molar-refractivity contribution in [1.82, 2.24) is 29.9 Å². The summed E-state index contributed by atoms with van der Waals surface area (Å²) in [7, 11) is 0. The van der Waals surface area contributed by atoms with E-state index >= 15 is 0 Å². The molecule has 0 radical (unpaired) electrons. The fraction of sp³-hybridized carbons (Fsp3) is 0. The topological polar surface area (TPSA) is 77.3 Å². The minimum Gasteiger partial charge on any atom is -0.254 e. The van der Waals surface area contributed by atoms with Gasteiger partial charge in [0.2, 0.25) is 0 Å². The second-order valence-corrected chi connectivity index (χ2v) is 14.7. The van der Waals surface area contributed by atoms with Crippen molar-refractivity contribution in [3.05, 3.63) is 182 Å². The highest BCUT2D eigenvalue weighted by Crippen LogP contribution is 2.37. The van der Waals surface area contributed by atoms with E-state index in [1.807, 2.05) is 24.5 Å². The van der Waals surface area contributed by atoms with Gasteiger partial charge in [-0.05, 0) is 59.3 Å². The first kappa shape index (κ1) is 32.3. The van der Waals surface area contributed by atoms with Crippen LogP contribution in [0.3, 0.4) is 0 Å². The molecule has 0 N–H and O–H groups in total. The summed E-state index contributed by atoms with van der Waals surface area (Å²) in [6.45, 7) is 0. The fourth-order valence-electron chi connectivity index (χ4n) is 8.37. The summed E-state index contributed by atoms with van der Waals surface area (Å²) >= 11 is 0. The Hall–Kier alpha value is -7.96. The third-order valence-electron chi connectivity index (χ3n) is 11.3. The second kappa shape index (κ2) is 12.8. The van der Waals surface area contributed by atoms with Crippen LogP contribution in [-0.4, -0.2) is 29.9 Å². The fourth-order valence-corrected chi connectivity index (χ4v) is 8.37. The van der Waals surface area contributed by atoms with Crippen LogP contribution in [0.5, 0.6) is 0 Å². The summed E-state index contributed by atoms with van der Waals surface area (Å²) in [5.74, 6) is 0. The van der Waals surface area contributed by atoms with Crippen molar-refractivity contribution in [2.75, 3.05) is 0 Å². The Morgan fingerprint density at radius 3 is 1.22 bits per heavy atom. The van der Waals surface area contributed by atoms with Crippen LogP contribution in [0.2, 0.25) is 0 Å². The van der Waals surface area contributed by atoms with Crippen LogP contribution in [0, 0.1) is 0 Å². The minimum atomic E-state index is 0.890. The number of hydrogen-bond acceptors (Lipinski definition) is 6. The quantitative estimate of drug-likeness (QED) is 0.167. The molecule has 0 atom stereocenters. The van der Waals surface area contributed by atoms with Crippen LogP contribution in [0.4, 0.5) is 0 Å². The van der Waals surface area contributed by atoms with Crippen LogP contribution in [-0.2, 0) is 0 Å². The zero-order valence-corrected chi connectivity index (χ0v) is 31.0. The Morgan fingerprint density at radius 1 is 0.276 bits per heavy atom. The summed E-state index contributed by atoms with van der Waals surface area (Å²) in [6, 6.07) is 59.1. The highest BCUT2D eigenvalue weighted by Gasteiger charge is 2.14. The Bertz CT molecular complexity index is 3650. The number of pyridine rings is 6. The summed E-state index contributed by atoms with van der Waals surface area (Å²) in [6.07, 6.45) is 3.66. The van der Waals surface area contributed by atoms with Gasteiger partial charge >= 0.3 is 0 Å². The van der Waals surface area contributed by atoms with Crippen molar-refractivity contribution in [2.24, 2.45) is 0 Å².